The fourth-order valence-electron chi connectivity index (χ4n) is 3.08. The number of hydrogen-bond acceptors (Lipinski definition) is 3. The van der Waals surface area contributed by atoms with Crippen LogP contribution in [0.4, 0.5) is 0 Å². The quantitative estimate of drug-likeness (QED) is 0.649. The van der Waals surface area contributed by atoms with E-state index < -0.39 is 0 Å². The lowest BCUT2D eigenvalue weighted by atomic mass is 10.1. The van der Waals surface area contributed by atoms with Crippen molar-refractivity contribution >= 4 is 29.2 Å². The van der Waals surface area contributed by atoms with Crippen LogP contribution in [-0.2, 0) is 16.1 Å². The molecule has 1 aromatic heterocycles. The van der Waals surface area contributed by atoms with Crippen molar-refractivity contribution in [2.24, 2.45) is 17.3 Å². The number of hydrogen-bond donors (Lipinski definition) is 0. The van der Waals surface area contributed by atoms with Crippen LogP contribution in [0.15, 0.2) is 57.6 Å². The molecule has 1 saturated carbocycles. The molecule has 0 N–H and O–H groups in total. The van der Waals surface area contributed by atoms with E-state index in [-0.39, 0.29) is 34.3 Å². The molecule has 1 aliphatic carbocycles. The zero-order chi connectivity index (χ0) is 17.3. The van der Waals surface area contributed by atoms with E-state index in [0.29, 0.717) is 0 Å². The van der Waals surface area contributed by atoms with E-state index in [1.54, 1.807) is 12.3 Å². The summed E-state index contributed by atoms with van der Waals surface area (Å²) in [5.74, 6) is 0.371. The largest absolute Gasteiger partial charge is 0.464 e. The van der Waals surface area contributed by atoms with Gasteiger partial charge in [-0.25, -0.2) is 0 Å². The molecule has 24 heavy (non-hydrogen) atoms. The van der Waals surface area contributed by atoms with Crippen LogP contribution in [0, 0.1) is 17.3 Å². The summed E-state index contributed by atoms with van der Waals surface area (Å²) in [5.41, 5.74) is 1.69. The molecule has 0 bridgehead atoms. The molecule has 1 heterocycles. The Morgan fingerprint density at radius 3 is 2.75 bits per heavy atom. The summed E-state index contributed by atoms with van der Waals surface area (Å²) in [5, 5.41) is 0. The number of furan rings is 1. The van der Waals surface area contributed by atoms with Crippen LogP contribution in [-0.4, -0.2) is 5.97 Å². The van der Waals surface area contributed by atoms with Gasteiger partial charge in [0.05, 0.1) is 12.2 Å². The van der Waals surface area contributed by atoms with Crippen LogP contribution in [0.5, 0.6) is 0 Å². The van der Waals surface area contributed by atoms with E-state index in [9.17, 15) is 4.79 Å². The third-order valence-electron chi connectivity index (χ3n) is 4.58. The van der Waals surface area contributed by atoms with Crippen LogP contribution in [0.3, 0.4) is 0 Å². The molecule has 0 radical (unpaired) electrons. The zero-order valence-electron chi connectivity index (χ0n) is 13.5. The minimum atomic E-state index is -0.223. The van der Waals surface area contributed by atoms with Crippen molar-refractivity contribution in [2.75, 3.05) is 0 Å². The predicted molar refractivity (Wildman–Crippen MR) is 94.5 cm³/mol. The minimum absolute atomic E-state index is 0.0180. The van der Waals surface area contributed by atoms with Crippen molar-refractivity contribution in [3.63, 3.8) is 0 Å². The molecule has 0 aliphatic heterocycles. The van der Waals surface area contributed by atoms with Crippen LogP contribution < -0.4 is 0 Å². The smallest absolute Gasteiger partial charge is 0.310 e. The molecule has 2 aromatic rings. The molecule has 3 nitrogen and oxygen atoms in total. The molecular weight excluding hydrogens is 347 g/mol. The summed E-state index contributed by atoms with van der Waals surface area (Å²) < 4.78 is 11.1. The van der Waals surface area contributed by atoms with Crippen LogP contribution in [0.1, 0.15) is 19.4 Å². The fourth-order valence-corrected chi connectivity index (χ4v) is 3.35. The number of carbonyl (C=O) groups excluding carboxylic acids is 1. The second-order valence-electron chi connectivity index (χ2n) is 6.57. The molecule has 0 saturated heterocycles. The number of ether oxygens (including phenoxy) is 1. The highest BCUT2D eigenvalue weighted by atomic mass is 35.5. The molecule has 1 aliphatic rings. The van der Waals surface area contributed by atoms with E-state index in [2.05, 4.69) is 0 Å². The fraction of sp³-hybridized carbons (Fsp3) is 0.316. The Hall–Kier alpha value is -1.71. The van der Waals surface area contributed by atoms with Gasteiger partial charge in [-0.15, -0.1) is 0 Å². The lowest BCUT2D eigenvalue weighted by molar-refractivity contribution is -0.147. The number of esters is 1. The number of benzene rings is 1. The zero-order valence-corrected chi connectivity index (χ0v) is 15.0. The highest BCUT2D eigenvalue weighted by molar-refractivity contribution is 6.55. The number of allylic oxidation sites excluding steroid dienone is 1. The highest BCUT2D eigenvalue weighted by Gasteiger charge is 2.61. The SMILES string of the molecule is CC1(C)[C@H](C(=O)OCc2cccc(-c3ccco3)c2)[C@@H]1C=C(Cl)Cl. The molecular formula is C19H18Cl2O3. The molecule has 3 rings (SSSR count). The number of halogens is 2. The lowest BCUT2D eigenvalue weighted by Gasteiger charge is -2.07. The van der Waals surface area contributed by atoms with E-state index in [1.165, 1.54) is 0 Å². The van der Waals surface area contributed by atoms with Crippen molar-refractivity contribution in [1.29, 1.82) is 0 Å². The Balaban J connectivity index is 1.63. The third kappa shape index (κ3) is 3.52. The van der Waals surface area contributed by atoms with Crippen LogP contribution >= 0.6 is 23.2 Å². The maximum absolute atomic E-state index is 12.3. The molecule has 0 unspecified atom stereocenters. The summed E-state index contributed by atoms with van der Waals surface area (Å²) in [6, 6.07) is 11.5. The Labute approximate surface area is 151 Å². The van der Waals surface area contributed by atoms with Gasteiger partial charge in [0, 0.05) is 5.56 Å². The Kier molecular flexibility index (Phi) is 4.75. The molecule has 0 amide bonds. The highest BCUT2D eigenvalue weighted by Crippen LogP contribution is 2.60. The van der Waals surface area contributed by atoms with Gasteiger partial charge in [0.15, 0.2) is 0 Å². The van der Waals surface area contributed by atoms with Gasteiger partial charge < -0.3 is 9.15 Å². The maximum Gasteiger partial charge on any atom is 0.310 e. The number of carbonyl (C=O) groups is 1. The molecule has 0 spiro atoms. The lowest BCUT2D eigenvalue weighted by Crippen LogP contribution is -2.10. The minimum Gasteiger partial charge on any atom is -0.464 e. The van der Waals surface area contributed by atoms with E-state index >= 15 is 0 Å². The first kappa shape index (κ1) is 17.1. The Bertz CT molecular complexity index is 759. The second-order valence-corrected chi connectivity index (χ2v) is 7.57. The molecule has 2 atom stereocenters. The van der Waals surface area contributed by atoms with Gasteiger partial charge in [-0.3, -0.25) is 4.79 Å². The molecule has 1 aromatic carbocycles. The predicted octanol–water partition coefficient (Wildman–Crippen LogP) is 5.58. The van der Waals surface area contributed by atoms with Gasteiger partial charge in [-0.1, -0.05) is 55.2 Å². The second kappa shape index (κ2) is 6.66. The Morgan fingerprint density at radius 1 is 1.29 bits per heavy atom. The normalized spacial score (nSPS) is 21.2. The monoisotopic (exact) mass is 364 g/mol. The van der Waals surface area contributed by atoms with Crippen LogP contribution in [0.25, 0.3) is 11.3 Å². The topological polar surface area (TPSA) is 39.4 Å². The summed E-state index contributed by atoms with van der Waals surface area (Å²) in [7, 11) is 0. The summed E-state index contributed by atoms with van der Waals surface area (Å²) >= 11 is 11.4. The van der Waals surface area contributed by atoms with E-state index in [0.717, 1.165) is 16.9 Å². The molecule has 1 fully saturated rings. The van der Waals surface area contributed by atoms with E-state index in [4.69, 9.17) is 32.4 Å². The van der Waals surface area contributed by atoms with Crippen molar-refractivity contribution < 1.29 is 13.9 Å². The van der Waals surface area contributed by atoms with Crippen molar-refractivity contribution in [1.82, 2.24) is 0 Å². The van der Waals surface area contributed by atoms with Gasteiger partial charge in [0.2, 0.25) is 0 Å². The standard InChI is InChI=1S/C19H18Cl2O3/c1-19(2)14(10-16(20)21)17(19)18(22)24-11-12-5-3-6-13(9-12)15-7-4-8-23-15/h3-10,14,17H,11H2,1-2H3/t14-,17-/m0/s1. The molecule has 126 valence electrons. The first-order chi connectivity index (χ1) is 11.4. The first-order valence-electron chi connectivity index (χ1n) is 7.72. The van der Waals surface area contributed by atoms with Gasteiger partial charge in [-0.2, -0.15) is 0 Å². The van der Waals surface area contributed by atoms with Crippen molar-refractivity contribution in [2.45, 2.75) is 20.5 Å². The maximum atomic E-state index is 12.3. The number of rotatable bonds is 5. The summed E-state index contributed by atoms with van der Waals surface area (Å²) in [6.45, 7) is 4.24. The van der Waals surface area contributed by atoms with Gasteiger partial charge in [-0.05, 0) is 41.2 Å². The first-order valence-corrected chi connectivity index (χ1v) is 8.47. The Morgan fingerprint density at radius 2 is 2.08 bits per heavy atom. The van der Waals surface area contributed by atoms with E-state index in [1.807, 2.05) is 50.2 Å². The van der Waals surface area contributed by atoms with Crippen LogP contribution in [0.2, 0.25) is 0 Å². The van der Waals surface area contributed by atoms with Gasteiger partial charge in [0.1, 0.15) is 16.9 Å². The summed E-state index contributed by atoms with van der Waals surface area (Å²) in [4.78, 5) is 12.3. The average molecular weight is 365 g/mol. The van der Waals surface area contributed by atoms with Gasteiger partial charge >= 0.3 is 5.97 Å². The van der Waals surface area contributed by atoms with Gasteiger partial charge in [0.25, 0.3) is 0 Å². The third-order valence-corrected chi connectivity index (χ3v) is 4.84. The summed E-state index contributed by atoms with van der Waals surface area (Å²) in [6.07, 6.45) is 3.35. The van der Waals surface area contributed by atoms with Crippen molar-refractivity contribution in [3.05, 3.63) is 58.8 Å². The molecule has 5 heteroatoms. The average Bonchev–Trinajstić information content (AvgIpc) is 2.94. The van der Waals surface area contributed by atoms with Crippen molar-refractivity contribution in [3.8, 4) is 11.3 Å².